The van der Waals surface area contributed by atoms with E-state index in [0.717, 1.165) is 40.1 Å². The van der Waals surface area contributed by atoms with Gasteiger partial charge in [-0.25, -0.2) is 9.78 Å². The summed E-state index contributed by atoms with van der Waals surface area (Å²) in [5.41, 5.74) is 5.94. The molecule has 1 unspecified atom stereocenters. The van der Waals surface area contributed by atoms with Crippen LogP contribution >= 0.6 is 0 Å². The van der Waals surface area contributed by atoms with E-state index in [1.165, 1.54) is 0 Å². The second-order valence-corrected chi connectivity index (χ2v) is 8.67. The second kappa shape index (κ2) is 8.91. The van der Waals surface area contributed by atoms with Crippen molar-refractivity contribution >= 4 is 28.5 Å². The van der Waals surface area contributed by atoms with Crippen molar-refractivity contribution in [3.63, 3.8) is 0 Å². The van der Waals surface area contributed by atoms with Crippen molar-refractivity contribution in [2.45, 2.75) is 26.4 Å². The Hall–Kier alpha value is -3.92. The zero-order chi connectivity index (χ0) is 22.8. The number of para-hydroxylation sites is 1. The van der Waals surface area contributed by atoms with Gasteiger partial charge in [-0.15, -0.1) is 0 Å². The Balaban J connectivity index is 1.53. The summed E-state index contributed by atoms with van der Waals surface area (Å²) in [6.07, 6.45) is 3.69. The molecule has 33 heavy (non-hydrogen) atoms. The number of allylic oxidation sites excluding steroid dienone is 1. The molecule has 0 amide bonds. The quantitative estimate of drug-likeness (QED) is 0.382. The highest BCUT2D eigenvalue weighted by molar-refractivity contribution is 6.05. The number of aromatic nitrogens is 1. The summed E-state index contributed by atoms with van der Waals surface area (Å²) in [5.74, 6) is 0.243. The van der Waals surface area contributed by atoms with Crippen LogP contribution in [0.25, 0.3) is 22.6 Å². The van der Waals surface area contributed by atoms with E-state index >= 15 is 0 Å². The molecule has 4 nitrogen and oxygen atoms in total. The predicted molar refractivity (Wildman–Crippen MR) is 131 cm³/mol. The van der Waals surface area contributed by atoms with Crippen molar-refractivity contribution < 1.29 is 14.6 Å². The summed E-state index contributed by atoms with van der Waals surface area (Å²) < 4.78 is 6.00. The molecule has 0 fully saturated rings. The molecule has 0 aliphatic heterocycles. The van der Waals surface area contributed by atoms with E-state index in [1.807, 2.05) is 78.9 Å². The number of hydrogen-bond acceptors (Lipinski definition) is 3. The minimum absolute atomic E-state index is 0.335. The Bertz CT molecular complexity index is 1360. The van der Waals surface area contributed by atoms with E-state index in [2.05, 4.69) is 13.0 Å². The molecular weight excluding hydrogens is 410 g/mol. The van der Waals surface area contributed by atoms with Crippen LogP contribution in [0.15, 0.2) is 78.9 Å². The molecule has 0 spiro atoms. The molecule has 1 atom stereocenters. The minimum Gasteiger partial charge on any atom is -0.489 e. The van der Waals surface area contributed by atoms with E-state index in [9.17, 15) is 9.90 Å². The highest BCUT2D eigenvalue weighted by Gasteiger charge is 2.27. The standard InChI is InChI=1S/C29H25NO3/c1-19-14-22(16-21-10-7-11-23(17-21)33-18-20-8-3-2-4-9-20)28-25(15-19)27(29(31)32)24-12-5-6-13-26(24)30-28/h2-13,16-17,19H,14-15,18H2,1H3,(H,31,32). The van der Waals surface area contributed by atoms with Gasteiger partial charge in [0.15, 0.2) is 0 Å². The van der Waals surface area contributed by atoms with Crippen LogP contribution in [-0.2, 0) is 13.0 Å². The fraction of sp³-hybridized carbons (Fsp3) is 0.172. The molecule has 164 valence electrons. The van der Waals surface area contributed by atoms with Crippen molar-refractivity contribution in [3.05, 3.63) is 107 Å². The lowest BCUT2D eigenvalue weighted by Crippen LogP contribution is -2.17. The molecule has 1 N–H and O–H groups in total. The first-order valence-electron chi connectivity index (χ1n) is 11.2. The molecule has 4 heteroatoms. The number of nitrogens with zero attached hydrogens (tertiary/aromatic N) is 1. The number of fused-ring (bicyclic) bond motifs is 2. The fourth-order valence-corrected chi connectivity index (χ4v) is 4.62. The summed E-state index contributed by atoms with van der Waals surface area (Å²) in [6.45, 7) is 2.67. The maximum absolute atomic E-state index is 12.2. The Morgan fingerprint density at radius 1 is 1.03 bits per heavy atom. The van der Waals surface area contributed by atoms with Crippen LogP contribution in [0.3, 0.4) is 0 Å². The van der Waals surface area contributed by atoms with Gasteiger partial charge in [-0.2, -0.15) is 0 Å². The molecule has 1 aromatic heterocycles. The summed E-state index contributed by atoms with van der Waals surface area (Å²) in [6, 6.07) is 25.6. The number of aromatic carboxylic acids is 1. The Morgan fingerprint density at radius 2 is 1.82 bits per heavy atom. The molecule has 1 aliphatic rings. The smallest absolute Gasteiger partial charge is 0.336 e. The Labute approximate surface area is 193 Å². The maximum Gasteiger partial charge on any atom is 0.336 e. The average molecular weight is 436 g/mol. The third kappa shape index (κ3) is 4.37. The van der Waals surface area contributed by atoms with Gasteiger partial charge >= 0.3 is 5.97 Å². The van der Waals surface area contributed by atoms with Crippen LogP contribution in [0.1, 0.15) is 46.1 Å². The van der Waals surface area contributed by atoms with E-state index in [4.69, 9.17) is 9.72 Å². The topological polar surface area (TPSA) is 59.4 Å². The lowest BCUT2D eigenvalue weighted by molar-refractivity contribution is 0.0697. The number of carboxylic acids is 1. The van der Waals surface area contributed by atoms with Crippen molar-refractivity contribution in [1.29, 1.82) is 0 Å². The van der Waals surface area contributed by atoms with Gasteiger partial charge in [0.2, 0.25) is 0 Å². The van der Waals surface area contributed by atoms with Crippen molar-refractivity contribution in [2.75, 3.05) is 0 Å². The molecule has 0 radical (unpaired) electrons. The SMILES string of the molecule is CC1CC(=Cc2cccc(OCc3ccccc3)c2)c2nc3ccccc3c(C(=O)O)c2C1. The predicted octanol–water partition coefficient (Wildman–Crippen LogP) is 6.63. The molecule has 4 aromatic rings. The summed E-state index contributed by atoms with van der Waals surface area (Å²) >= 11 is 0. The van der Waals surface area contributed by atoms with E-state index in [-0.39, 0.29) is 0 Å². The third-order valence-electron chi connectivity index (χ3n) is 6.08. The highest BCUT2D eigenvalue weighted by Crippen LogP contribution is 2.38. The van der Waals surface area contributed by atoms with Crippen LogP contribution in [0.4, 0.5) is 0 Å². The van der Waals surface area contributed by atoms with Crippen molar-refractivity contribution in [1.82, 2.24) is 4.98 Å². The Kier molecular flexibility index (Phi) is 5.66. The lowest BCUT2D eigenvalue weighted by Gasteiger charge is -2.26. The van der Waals surface area contributed by atoms with E-state index in [1.54, 1.807) is 0 Å². The normalized spacial score (nSPS) is 16.5. The number of hydrogen-bond donors (Lipinski definition) is 1. The summed E-state index contributed by atoms with van der Waals surface area (Å²) in [7, 11) is 0. The molecular formula is C29H25NO3. The molecule has 3 aromatic carbocycles. The molecule has 0 saturated carbocycles. The average Bonchev–Trinajstić information content (AvgIpc) is 2.82. The molecule has 0 saturated heterocycles. The number of rotatable bonds is 5. The van der Waals surface area contributed by atoms with Gasteiger partial charge in [-0.05, 0) is 65.3 Å². The van der Waals surface area contributed by atoms with Gasteiger partial charge in [0.05, 0.1) is 16.8 Å². The number of pyridine rings is 1. The molecule has 1 aliphatic carbocycles. The van der Waals surface area contributed by atoms with Gasteiger partial charge < -0.3 is 9.84 Å². The number of carboxylic acid groups (broad SMARTS) is 1. The van der Waals surface area contributed by atoms with Crippen LogP contribution < -0.4 is 4.74 Å². The maximum atomic E-state index is 12.2. The first-order valence-corrected chi connectivity index (χ1v) is 11.2. The van der Waals surface area contributed by atoms with E-state index in [0.29, 0.717) is 35.4 Å². The molecule has 1 heterocycles. The fourth-order valence-electron chi connectivity index (χ4n) is 4.62. The van der Waals surface area contributed by atoms with Gasteiger partial charge in [0.25, 0.3) is 0 Å². The van der Waals surface area contributed by atoms with Crippen molar-refractivity contribution in [3.8, 4) is 5.75 Å². The monoisotopic (exact) mass is 435 g/mol. The number of carbonyl (C=O) groups is 1. The molecule has 0 bridgehead atoms. The summed E-state index contributed by atoms with van der Waals surface area (Å²) in [4.78, 5) is 17.1. The van der Waals surface area contributed by atoms with Crippen LogP contribution in [0.2, 0.25) is 0 Å². The molecule has 5 rings (SSSR count). The zero-order valence-corrected chi connectivity index (χ0v) is 18.5. The van der Waals surface area contributed by atoms with Gasteiger partial charge in [0, 0.05) is 5.39 Å². The summed E-state index contributed by atoms with van der Waals surface area (Å²) in [5, 5.41) is 10.7. The number of benzene rings is 3. The van der Waals surface area contributed by atoms with E-state index < -0.39 is 5.97 Å². The largest absolute Gasteiger partial charge is 0.489 e. The first kappa shape index (κ1) is 21.0. The van der Waals surface area contributed by atoms with Gasteiger partial charge in [-0.3, -0.25) is 0 Å². The Morgan fingerprint density at radius 3 is 2.64 bits per heavy atom. The second-order valence-electron chi connectivity index (χ2n) is 8.67. The van der Waals surface area contributed by atoms with Crippen LogP contribution in [-0.4, -0.2) is 16.1 Å². The van der Waals surface area contributed by atoms with Crippen molar-refractivity contribution in [2.24, 2.45) is 5.92 Å². The lowest BCUT2D eigenvalue weighted by atomic mass is 9.80. The van der Waals surface area contributed by atoms with Crippen LogP contribution in [0.5, 0.6) is 5.75 Å². The minimum atomic E-state index is -0.894. The number of ether oxygens (including phenoxy) is 1. The van der Waals surface area contributed by atoms with Gasteiger partial charge in [-0.1, -0.05) is 67.6 Å². The zero-order valence-electron chi connectivity index (χ0n) is 18.5. The first-order chi connectivity index (χ1) is 16.1. The third-order valence-corrected chi connectivity index (χ3v) is 6.08. The van der Waals surface area contributed by atoms with Crippen LogP contribution in [0, 0.1) is 5.92 Å². The highest BCUT2D eigenvalue weighted by atomic mass is 16.5. The van der Waals surface area contributed by atoms with Gasteiger partial charge in [0.1, 0.15) is 12.4 Å².